The molecule has 0 fully saturated rings. The molecule has 0 bridgehead atoms. The SMILES string of the molecule is Cc1cccc2c(NCCc3cnn(C)c3C)ccnc12. The summed E-state index contributed by atoms with van der Waals surface area (Å²) in [5.74, 6) is 0. The number of para-hydroxylation sites is 1. The minimum Gasteiger partial charge on any atom is -0.384 e. The predicted octanol–water partition coefficient (Wildman–Crippen LogP) is 3.24. The smallest absolute Gasteiger partial charge is 0.0751 e. The fourth-order valence-corrected chi connectivity index (χ4v) is 2.60. The number of aryl methyl sites for hydroxylation is 2. The maximum atomic E-state index is 4.47. The van der Waals surface area contributed by atoms with Crippen molar-refractivity contribution in [2.24, 2.45) is 7.05 Å². The standard InChI is InChI=1S/C17H20N4/c1-12-5-4-6-15-16(8-10-19-17(12)15)18-9-7-14-11-20-21(3)13(14)2/h4-6,8,10-11H,7,9H2,1-3H3,(H,18,19). The molecule has 21 heavy (non-hydrogen) atoms. The van der Waals surface area contributed by atoms with E-state index < -0.39 is 0 Å². The minimum absolute atomic E-state index is 0.888. The van der Waals surface area contributed by atoms with Gasteiger partial charge >= 0.3 is 0 Å². The summed E-state index contributed by atoms with van der Waals surface area (Å²) in [5, 5.41) is 8.99. The molecule has 1 aromatic carbocycles. The lowest BCUT2D eigenvalue weighted by Crippen LogP contribution is -2.06. The summed E-state index contributed by atoms with van der Waals surface area (Å²) < 4.78 is 1.92. The van der Waals surface area contributed by atoms with Crippen molar-refractivity contribution in [1.29, 1.82) is 0 Å². The molecule has 2 aromatic heterocycles. The summed E-state index contributed by atoms with van der Waals surface area (Å²) in [6.07, 6.45) is 4.79. The molecule has 108 valence electrons. The number of rotatable bonds is 4. The minimum atomic E-state index is 0.888. The van der Waals surface area contributed by atoms with Crippen LogP contribution >= 0.6 is 0 Å². The van der Waals surface area contributed by atoms with Gasteiger partial charge in [-0.1, -0.05) is 18.2 Å². The Labute approximate surface area is 124 Å². The van der Waals surface area contributed by atoms with E-state index in [4.69, 9.17) is 0 Å². The summed E-state index contributed by atoms with van der Waals surface area (Å²) in [6.45, 7) is 5.09. The zero-order chi connectivity index (χ0) is 14.8. The monoisotopic (exact) mass is 280 g/mol. The maximum Gasteiger partial charge on any atom is 0.0751 e. The number of anilines is 1. The summed E-state index contributed by atoms with van der Waals surface area (Å²) >= 11 is 0. The van der Waals surface area contributed by atoms with Gasteiger partial charge in [-0.3, -0.25) is 9.67 Å². The first-order valence-electron chi connectivity index (χ1n) is 7.22. The Bertz CT molecular complexity index is 774. The number of benzene rings is 1. The highest BCUT2D eigenvalue weighted by atomic mass is 15.3. The quantitative estimate of drug-likeness (QED) is 0.798. The molecule has 0 spiro atoms. The van der Waals surface area contributed by atoms with E-state index in [0.717, 1.165) is 24.2 Å². The molecule has 2 heterocycles. The van der Waals surface area contributed by atoms with E-state index in [9.17, 15) is 0 Å². The molecule has 0 radical (unpaired) electrons. The molecule has 4 heteroatoms. The van der Waals surface area contributed by atoms with E-state index in [1.165, 1.54) is 22.2 Å². The third-order valence-electron chi connectivity index (χ3n) is 4.02. The van der Waals surface area contributed by atoms with Crippen LogP contribution in [-0.2, 0) is 13.5 Å². The summed E-state index contributed by atoms with van der Waals surface area (Å²) in [4.78, 5) is 4.47. The average molecular weight is 280 g/mol. The van der Waals surface area contributed by atoms with Gasteiger partial charge in [0.15, 0.2) is 0 Å². The molecule has 0 saturated carbocycles. The Hall–Kier alpha value is -2.36. The molecular weight excluding hydrogens is 260 g/mol. The first kappa shape index (κ1) is 13.6. The van der Waals surface area contributed by atoms with Crippen molar-refractivity contribution in [1.82, 2.24) is 14.8 Å². The molecule has 0 unspecified atom stereocenters. The Balaban J connectivity index is 1.77. The van der Waals surface area contributed by atoms with Gasteiger partial charge in [0.2, 0.25) is 0 Å². The molecule has 3 aromatic rings. The van der Waals surface area contributed by atoms with Crippen LogP contribution in [-0.4, -0.2) is 21.3 Å². The van der Waals surface area contributed by atoms with Crippen LogP contribution in [0.1, 0.15) is 16.8 Å². The number of aromatic nitrogens is 3. The van der Waals surface area contributed by atoms with E-state index in [2.05, 4.69) is 47.4 Å². The Morgan fingerprint density at radius 1 is 1.19 bits per heavy atom. The van der Waals surface area contributed by atoms with Gasteiger partial charge in [-0.15, -0.1) is 0 Å². The summed E-state index contributed by atoms with van der Waals surface area (Å²) in [6, 6.07) is 8.33. The molecule has 1 N–H and O–H groups in total. The van der Waals surface area contributed by atoms with Crippen LogP contribution in [0.4, 0.5) is 5.69 Å². The fourth-order valence-electron chi connectivity index (χ4n) is 2.60. The topological polar surface area (TPSA) is 42.7 Å². The Morgan fingerprint density at radius 3 is 2.81 bits per heavy atom. The molecule has 4 nitrogen and oxygen atoms in total. The van der Waals surface area contributed by atoms with Crippen LogP contribution in [0.25, 0.3) is 10.9 Å². The van der Waals surface area contributed by atoms with Crippen LogP contribution in [0.5, 0.6) is 0 Å². The lowest BCUT2D eigenvalue weighted by Gasteiger charge is -2.10. The molecule has 0 aliphatic rings. The normalized spacial score (nSPS) is 11.0. The third kappa shape index (κ3) is 2.61. The van der Waals surface area contributed by atoms with Crippen molar-refractivity contribution in [3.63, 3.8) is 0 Å². The Kier molecular flexibility index (Phi) is 3.60. The molecule has 3 rings (SSSR count). The molecule has 0 atom stereocenters. The van der Waals surface area contributed by atoms with Gasteiger partial charge in [-0.05, 0) is 37.5 Å². The van der Waals surface area contributed by atoms with Crippen molar-refractivity contribution >= 4 is 16.6 Å². The molecule has 0 amide bonds. The van der Waals surface area contributed by atoms with E-state index in [1.54, 1.807) is 0 Å². The number of hydrogen-bond donors (Lipinski definition) is 1. The number of nitrogens with zero attached hydrogens (tertiary/aromatic N) is 3. The first-order valence-corrected chi connectivity index (χ1v) is 7.22. The van der Waals surface area contributed by atoms with Gasteiger partial charge in [0, 0.05) is 36.6 Å². The Morgan fingerprint density at radius 2 is 2.05 bits per heavy atom. The van der Waals surface area contributed by atoms with Gasteiger partial charge in [0.1, 0.15) is 0 Å². The van der Waals surface area contributed by atoms with E-state index in [1.807, 2.05) is 30.2 Å². The van der Waals surface area contributed by atoms with Crippen molar-refractivity contribution in [3.8, 4) is 0 Å². The van der Waals surface area contributed by atoms with Crippen LogP contribution in [0.15, 0.2) is 36.7 Å². The highest BCUT2D eigenvalue weighted by Crippen LogP contribution is 2.23. The highest BCUT2D eigenvalue weighted by Gasteiger charge is 2.05. The van der Waals surface area contributed by atoms with Crippen LogP contribution < -0.4 is 5.32 Å². The number of pyridine rings is 1. The molecular formula is C17H20N4. The fraction of sp³-hybridized carbons (Fsp3) is 0.294. The summed E-state index contributed by atoms with van der Waals surface area (Å²) in [5.41, 5.74) is 5.94. The second-order valence-corrected chi connectivity index (χ2v) is 5.39. The van der Waals surface area contributed by atoms with Crippen molar-refractivity contribution in [2.45, 2.75) is 20.3 Å². The predicted molar refractivity (Wildman–Crippen MR) is 86.6 cm³/mol. The largest absolute Gasteiger partial charge is 0.384 e. The second-order valence-electron chi connectivity index (χ2n) is 5.39. The first-order chi connectivity index (χ1) is 10.2. The van der Waals surface area contributed by atoms with Crippen LogP contribution in [0, 0.1) is 13.8 Å². The maximum absolute atomic E-state index is 4.47. The van der Waals surface area contributed by atoms with Gasteiger partial charge in [-0.25, -0.2) is 0 Å². The highest BCUT2D eigenvalue weighted by molar-refractivity contribution is 5.92. The van der Waals surface area contributed by atoms with E-state index in [0.29, 0.717) is 0 Å². The summed E-state index contributed by atoms with van der Waals surface area (Å²) in [7, 11) is 1.98. The van der Waals surface area contributed by atoms with Gasteiger partial charge in [0.25, 0.3) is 0 Å². The number of hydrogen-bond acceptors (Lipinski definition) is 3. The zero-order valence-electron chi connectivity index (χ0n) is 12.7. The van der Waals surface area contributed by atoms with Gasteiger partial charge in [-0.2, -0.15) is 5.10 Å². The number of nitrogens with one attached hydrogen (secondary N) is 1. The average Bonchev–Trinajstić information content (AvgIpc) is 2.80. The van der Waals surface area contributed by atoms with E-state index in [-0.39, 0.29) is 0 Å². The zero-order valence-corrected chi connectivity index (χ0v) is 12.7. The van der Waals surface area contributed by atoms with Crippen molar-refractivity contribution in [3.05, 3.63) is 53.5 Å². The molecule has 0 saturated heterocycles. The lowest BCUT2D eigenvalue weighted by molar-refractivity contribution is 0.737. The third-order valence-corrected chi connectivity index (χ3v) is 4.02. The number of fused-ring (bicyclic) bond motifs is 1. The van der Waals surface area contributed by atoms with Crippen molar-refractivity contribution < 1.29 is 0 Å². The van der Waals surface area contributed by atoms with Gasteiger partial charge in [0.05, 0.1) is 11.7 Å². The molecule has 0 aliphatic carbocycles. The second kappa shape index (κ2) is 5.56. The van der Waals surface area contributed by atoms with E-state index >= 15 is 0 Å². The lowest BCUT2D eigenvalue weighted by atomic mass is 10.1. The van der Waals surface area contributed by atoms with Crippen LogP contribution in [0.2, 0.25) is 0 Å². The van der Waals surface area contributed by atoms with Crippen LogP contribution in [0.3, 0.4) is 0 Å². The van der Waals surface area contributed by atoms with Gasteiger partial charge < -0.3 is 5.32 Å². The van der Waals surface area contributed by atoms with Crippen molar-refractivity contribution in [2.75, 3.05) is 11.9 Å². The molecule has 0 aliphatic heterocycles.